The topological polar surface area (TPSA) is 23.6 Å². The molecule has 0 aromatic rings. The molecule has 60 valence electrons. The Morgan fingerprint density at radius 1 is 1.30 bits per heavy atom. The maximum Gasteiger partial charge on any atom is 0.223 e. The molecule has 0 aliphatic rings. The van der Waals surface area contributed by atoms with E-state index in [0.29, 0.717) is 13.1 Å². The van der Waals surface area contributed by atoms with Crippen LogP contribution < -0.4 is 0 Å². The first-order valence-electron chi connectivity index (χ1n) is 3.46. The predicted octanol–water partition coefficient (Wildman–Crippen LogP) is 0.374. The lowest BCUT2D eigenvalue weighted by Gasteiger charge is -2.20. The van der Waals surface area contributed by atoms with E-state index in [1.54, 1.807) is 4.90 Å². The summed E-state index contributed by atoms with van der Waals surface area (Å²) in [5.74, 6) is 0.189. The van der Waals surface area contributed by atoms with Gasteiger partial charge in [0.2, 0.25) is 5.91 Å². The molecule has 0 heterocycles. The van der Waals surface area contributed by atoms with Crippen LogP contribution >= 0.6 is 0 Å². The van der Waals surface area contributed by atoms with E-state index in [4.69, 9.17) is 0 Å². The highest BCUT2D eigenvalue weighted by atomic mass is 16.2. The van der Waals surface area contributed by atoms with E-state index >= 15 is 0 Å². The van der Waals surface area contributed by atoms with E-state index < -0.39 is 0 Å². The molecule has 0 aromatic carbocycles. The van der Waals surface area contributed by atoms with E-state index in [1.165, 1.54) is 0 Å². The van der Waals surface area contributed by atoms with Gasteiger partial charge in [-0.2, -0.15) is 0 Å². The van der Waals surface area contributed by atoms with Crippen molar-refractivity contribution in [2.24, 2.45) is 0 Å². The molecule has 0 fully saturated rings. The van der Waals surface area contributed by atoms with Gasteiger partial charge in [-0.05, 0) is 14.1 Å². The summed E-state index contributed by atoms with van der Waals surface area (Å²) < 4.78 is 0. The van der Waals surface area contributed by atoms with E-state index in [9.17, 15) is 4.79 Å². The fourth-order valence-electron chi connectivity index (χ4n) is 0.773. The molecule has 0 aromatic heterocycles. The van der Waals surface area contributed by atoms with Gasteiger partial charge in [-0.1, -0.05) is 6.92 Å². The lowest BCUT2D eigenvalue weighted by atomic mass is 10.4. The molecule has 3 nitrogen and oxygen atoms in total. The monoisotopic (exact) mass is 144 g/mol. The number of nitrogens with zero attached hydrogens (tertiary/aromatic N) is 2. The predicted molar refractivity (Wildman–Crippen MR) is 41.6 cm³/mol. The number of carbonyl (C=O) groups is 1. The normalized spacial score (nSPS) is 10.1. The summed E-state index contributed by atoms with van der Waals surface area (Å²) in [6, 6.07) is 0. The van der Waals surface area contributed by atoms with Gasteiger partial charge in [0.05, 0.1) is 6.67 Å². The van der Waals surface area contributed by atoms with Crippen molar-refractivity contribution in [2.75, 3.05) is 27.8 Å². The first-order valence-corrected chi connectivity index (χ1v) is 3.46. The van der Waals surface area contributed by atoms with Gasteiger partial charge in [-0.3, -0.25) is 9.69 Å². The molecular weight excluding hydrogens is 128 g/mol. The Labute approximate surface area is 62.6 Å². The third kappa shape index (κ3) is 3.45. The van der Waals surface area contributed by atoms with Crippen LogP contribution in [0.2, 0.25) is 0 Å². The molecule has 3 heteroatoms. The zero-order valence-electron chi connectivity index (χ0n) is 7.22. The second-order valence-electron chi connectivity index (χ2n) is 2.67. The summed E-state index contributed by atoms with van der Waals surface area (Å²) in [4.78, 5) is 14.6. The summed E-state index contributed by atoms with van der Waals surface area (Å²) in [7, 11) is 5.70. The Balaban J connectivity index is 3.61. The molecule has 0 radical (unpaired) electrons. The molecule has 0 N–H and O–H groups in total. The minimum absolute atomic E-state index is 0.189. The molecule has 0 atom stereocenters. The van der Waals surface area contributed by atoms with Gasteiger partial charge in [0.1, 0.15) is 0 Å². The summed E-state index contributed by atoms with van der Waals surface area (Å²) in [6.45, 7) is 2.57. The minimum Gasteiger partial charge on any atom is -0.333 e. The van der Waals surface area contributed by atoms with Crippen LogP contribution in [-0.4, -0.2) is 43.5 Å². The first-order chi connectivity index (χ1) is 4.57. The lowest BCUT2D eigenvalue weighted by Crippen LogP contribution is -2.34. The van der Waals surface area contributed by atoms with Crippen LogP contribution in [0.15, 0.2) is 0 Å². The van der Waals surface area contributed by atoms with Gasteiger partial charge in [0.15, 0.2) is 0 Å². The second-order valence-corrected chi connectivity index (χ2v) is 2.67. The van der Waals surface area contributed by atoms with Crippen LogP contribution in [0.25, 0.3) is 0 Å². The lowest BCUT2D eigenvalue weighted by molar-refractivity contribution is -0.131. The van der Waals surface area contributed by atoms with E-state index in [0.717, 1.165) is 0 Å². The molecule has 0 aliphatic carbocycles. The summed E-state index contributed by atoms with van der Waals surface area (Å²) in [5.41, 5.74) is 0. The van der Waals surface area contributed by atoms with Crippen LogP contribution in [0.1, 0.15) is 13.3 Å². The summed E-state index contributed by atoms with van der Waals surface area (Å²) in [6.07, 6.45) is 0.588. The maximum absolute atomic E-state index is 10.9. The van der Waals surface area contributed by atoms with Crippen LogP contribution in [-0.2, 0) is 4.79 Å². The van der Waals surface area contributed by atoms with Crippen LogP contribution in [0, 0.1) is 0 Å². The number of carbonyl (C=O) groups excluding carboxylic acids is 1. The molecule has 0 rings (SSSR count). The quantitative estimate of drug-likeness (QED) is 0.534. The van der Waals surface area contributed by atoms with Crippen LogP contribution in [0.5, 0.6) is 0 Å². The fraction of sp³-hybridized carbons (Fsp3) is 0.857. The first kappa shape index (κ1) is 9.43. The maximum atomic E-state index is 10.9. The van der Waals surface area contributed by atoms with E-state index in [2.05, 4.69) is 0 Å². The highest BCUT2D eigenvalue weighted by Crippen LogP contribution is 1.89. The van der Waals surface area contributed by atoms with Crippen molar-refractivity contribution in [3.8, 4) is 0 Å². The van der Waals surface area contributed by atoms with Crippen LogP contribution in [0.3, 0.4) is 0 Å². The van der Waals surface area contributed by atoms with Gasteiger partial charge in [0, 0.05) is 13.5 Å². The highest BCUT2D eigenvalue weighted by Gasteiger charge is 2.04. The van der Waals surface area contributed by atoms with Crippen molar-refractivity contribution in [2.45, 2.75) is 13.3 Å². The fourth-order valence-corrected chi connectivity index (χ4v) is 0.773. The Hall–Kier alpha value is -0.570. The number of hydrogen-bond acceptors (Lipinski definition) is 2. The van der Waals surface area contributed by atoms with Crippen molar-refractivity contribution in [3.05, 3.63) is 0 Å². The third-order valence-electron chi connectivity index (χ3n) is 1.22. The molecule has 0 saturated carbocycles. The van der Waals surface area contributed by atoms with Gasteiger partial charge in [-0.15, -0.1) is 0 Å². The molecule has 0 aliphatic heterocycles. The average Bonchev–Trinajstić information content (AvgIpc) is 1.85. The summed E-state index contributed by atoms with van der Waals surface area (Å²) >= 11 is 0. The Morgan fingerprint density at radius 3 is 2.10 bits per heavy atom. The molecule has 0 bridgehead atoms. The van der Waals surface area contributed by atoms with Gasteiger partial charge < -0.3 is 4.90 Å². The second kappa shape index (κ2) is 4.28. The van der Waals surface area contributed by atoms with Crippen molar-refractivity contribution in [3.63, 3.8) is 0 Å². The molecule has 0 spiro atoms. The average molecular weight is 144 g/mol. The Bertz CT molecular complexity index is 112. The number of hydrogen-bond donors (Lipinski definition) is 0. The van der Waals surface area contributed by atoms with Crippen molar-refractivity contribution in [1.29, 1.82) is 0 Å². The molecular formula is C7H16N2O. The highest BCUT2D eigenvalue weighted by molar-refractivity contribution is 5.75. The molecule has 1 amide bonds. The van der Waals surface area contributed by atoms with Crippen molar-refractivity contribution in [1.82, 2.24) is 9.80 Å². The summed E-state index contributed by atoms with van der Waals surface area (Å²) in [5, 5.41) is 0. The zero-order chi connectivity index (χ0) is 8.15. The van der Waals surface area contributed by atoms with Crippen LogP contribution in [0.4, 0.5) is 0 Å². The van der Waals surface area contributed by atoms with Gasteiger partial charge in [0.25, 0.3) is 0 Å². The minimum atomic E-state index is 0.189. The smallest absolute Gasteiger partial charge is 0.223 e. The standard InChI is InChI=1S/C7H16N2O/c1-5-7(10)9(4)6-8(2)3/h5-6H2,1-4H3. The third-order valence-corrected chi connectivity index (χ3v) is 1.22. The van der Waals surface area contributed by atoms with Gasteiger partial charge >= 0.3 is 0 Å². The SMILES string of the molecule is CCC(=O)N(C)CN(C)C. The Kier molecular flexibility index (Phi) is 4.03. The number of rotatable bonds is 3. The zero-order valence-corrected chi connectivity index (χ0v) is 7.22. The van der Waals surface area contributed by atoms with E-state index in [1.807, 2.05) is 33.0 Å². The van der Waals surface area contributed by atoms with E-state index in [-0.39, 0.29) is 5.91 Å². The Morgan fingerprint density at radius 2 is 1.80 bits per heavy atom. The van der Waals surface area contributed by atoms with Crippen molar-refractivity contribution < 1.29 is 4.79 Å². The molecule has 0 saturated heterocycles. The molecule has 0 unspecified atom stereocenters. The van der Waals surface area contributed by atoms with Crippen molar-refractivity contribution >= 4 is 5.91 Å². The molecule has 10 heavy (non-hydrogen) atoms. The van der Waals surface area contributed by atoms with Gasteiger partial charge in [-0.25, -0.2) is 0 Å². The largest absolute Gasteiger partial charge is 0.333 e. The number of amides is 1.